The molecule has 47 heavy (non-hydrogen) atoms. The van der Waals surface area contributed by atoms with E-state index in [2.05, 4.69) is 33.8 Å². The molecule has 0 aromatic heterocycles. The van der Waals surface area contributed by atoms with Gasteiger partial charge in [-0.25, -0.2) is 4.79 Å². The van der Waals surface area contributed by atoms with Gasteiger partial charge in [-0.3, -0.25) is 4.79 Å². The van der Waals surface area contributed by atoms with E-state index in [-0.39, 0.29) is 54.2 Å². The van der Waals surface area contributed by atoms with Crippen molar-refractivity contribution in [2.75, 3.05) is 13.2 Å². The second kappa shape index (κ2) is 13.6. The molecule has 0 saturated heterocycles. The summed E-state index contributed by atoms with van der Waals surface area (Å²) >= 11 is 11.1. The Kier molecular flexibility index (Phi) is 10.8. The van der Waals surface area contributed by atoms with Crippen molar-refractivity contribution in [2.45, 2.75) is 146 Å². The molecule has 5 aliphatic rings. The zero-order chi connectivity index (χ0) is 34.6. The number of unbranched alkanes of at least 4 members (excludes halogenated alkanes) is 2. The van der Waals surface area contributed by atoms with Crippen LogP contribution in [0.5, 0.6) is 0 Å². The fraction of sp³-hybridized carbons (Fsp3) is 0.842. The van der Waals surface area contributed by atoms with E-state index in [0.717, 1.165) is 44.9 Å². The molecule has 0 amide bonds. The molecule has 5 rings (SSSR count). The molecule has 4 fully saturated rings. The number of allylic oxidation sites excluding steroid dienone is 3. The summed E-state index contributed by atoms with van der Waals surface area (Å²) in [4.78, 5) is 25.4. The van der Waals surface area contributed by atoms with Crippen molar-refractivity contribution in [3.05, 3.63) is 23.3 Å². The highest BCUT2D eigenvalue weighted by Crippen LogP contribution is 2.70. The molecule has 5 aliphatic carbocycles. The number of hydrogen-bond donors (Lipinski definition) is 5. The number of carbonyl (C=O) groups excluding carboxylic acids is 2. The summed E-state index contributed by atoms with van der Waals surface area (Å²) in [5, 5.41) is 34.9. The Morgan fingerprint density at radius 1 is 0.915 bits per heavy atom. The summed E-state index contributed by atoms with van der Waals surface area (Å²) in [5.74, 6) is -0.496. The van der Waals surface area contributed by atoms with Gasteiger partial charge in [0, 0.05) is 32.3 Å². The predicted octanol–water partition coefficient (Wildman–Crippen LogP) is 6.64. The number of ether oxygens (including phenoxy) is 2. The van der Waals surface area contributed by atoms with Crippen molar-refractivity contribution in [3.8, 4) is 0 Å². The number of thiol groups is 2. The van der Waals surface area contributed by atoms with Crippen molar-refractivity contribution in [1.29, 1.82) is 0 Å². The monoisotopic (exact) mass is 692 g/mol. The minimum absolute atomic E-state index is 0.0160. The van der Waals surface area contributed by atoms with Crippen LogP contribution in [0.4, 0.5) is 0 Å². The molecular formula is C38H60O7S2. The van der Waals surface area contributed by atoms with E-state index in [9.17, 15) is 24.9 Å². The predicted molar refractivity (Wildman–Crippen MR) is 190 cm³/mol. The zero-order valence-corrected chi connectivity index (χ0v) is 31.3. The molecule has 0 heterocycles. The van der Waals surface area contributed by atoms with Crippen molar-refractivity contribution in [2.24, 2.45) is 39.9 Å². The van der Waals surface area contributed by atoms with Gasteiger partial charge in [0.05, 0.1) is 24.9 Å². The molecule has 0 bridgehead atoms. The van der Waals surface area contributed by atoms with Crippen molar-refractivity contribution in [1.82, 2.24) is 0 Å². The summed E-state index contributed by atoms with van der Waals surface area (Å²) in [6, 6.07) is 0. The first kappa shape index (κ1) is 37.3. The molecule has 4 unspecified atom stereocenters. The van der Waals surface area contributed by atoms with Gasteiger partial charge in [0.2, 0.25) is 0 Å². The van der Waals surface area contributed by atoms with Gasteiger partial charge in [-0.1, -0.05) is 58.3 Å². The van der Waals surface area contributed by atoms with Crippen molar-refractivity contribution < 1.29 is 34.4 Å². The van der Waals surface area contributed by atoms with Crippen LogP contribution in [-0.4, -0.2) is 68.3 Å². The van der Waals surface area contributed by atoms with E-state index in [1.165, 1.54) is 5.57 Å². The Labute approximate surface area is 293 Å². The second-order valence-electron chi connectivity index (χ2n) is 16.8. The van der Waals surface area contributed by atoms with Crippen LogP contribution in [0, 0.1) is 39.9 Å². The molecule has 11 atom stereocenters. The molecule has 9 heteroatoms. The SMILES string of the molecule is C/C=C(\C)C(=O)OC[C@]1(C)C2CC[C@@]3(S)C4C[C@@H](O)[C@@]5(COC(=O)CCCCC)C[C@H](O)C(C)(C)CC5C4=CCC3[C@@]2(S)CC[C@@H]1O. The van der Waals surface area contributed by atoms with Gasteiger partial charge in [0.25, 0.3) is 0 Å². The smallest absolute Gasteiger partial charge is 0.333 e. The molecule has 0 aliphatic heterocycles. The topological polar surface area (TPSA) is 113 Å². The van der Waals surface area contributed by atoms with Crippen LogP contribution in [0.25, 0.3) is 0 Å². The first-order chi connectivity index (χ1) is 22.0. The standard InChI is InChI=1S/C38H60O7S2/c1-7-9-10-11-32(42)44-22-36-20-31(41)34(4,5)19-26(36)24-12-13-28-37(46,25(24)18-30(36)40)16-14-27-35(6,21-45-33(43)23(3)8-2)29(39)15-17-38(27,28)47/h8,12,25-31,39-41,46-47H,7,9-11,13-22H2,1-6H3/b23-8+/t25?,26?,27?,28?,29-,30+,31-,35+,36+,37+,38+/m0/s1. The Bertz CT molecular complexity index is 1260. The van der Waals surface area contributed by atoms with Gasteiger partial charge in [-0.05, 0) is 101 Å². The molecule has 0 spiro atoms. The number of esters is 2. The van der Waals surface area contributed by atoms with E-state index < -0.39 is 38.6 Å². The summed E-state index contributed by atoms with van der Waals surface area (Å²) in [6.07, 6.45) is 10.6. The van der Waals surface area contributed by atoms with E-state index in [0.29, 0.717) is 37.7 Å². The Morgan fingerprint density at radius 3 is 2.30 bits per heavy atom. The first-order valence-electron chi connectivity index (χ1n) is 18.1. The molecule has 7 nitrogen and oxygen atoms in total. The van der Waals surface area contributed by atoms with E-state index in [1.54, 1.807) is 13.0 Å². The van der Waals surface area contributed by atoms with E-state index in [4.69, 9.17) is 34.7 Å². The Morgan fingerprint density at radius 2 is 1.62 bits per heavy atom. The molecule has 0 aromatic rings. The second-order valence-corrected chi connectivity index (χ2v) is 18.5. The summed E-state index contributed by atoms with van der Waals surface area (Å²) in [6.45, 7) is 12.2. The average Bonchev–Trinajstić information content (AvgIpc) is 3.02. The number of fused-ring (bicyclic) bond motifs is 7. The number of carbonyl (C=O) groups is 2. The maximum atomic E-state index is 12.8. The average molecular weight is 693 g/mol. The Balaban J connectivity index is 1.45. The van der Waals surface area contributed by atoms with Gasteiger partial charge in [-0.15, -0.1) is 0 Å². The lowest BCUT2D eigenvalue weighted by atomic mass is 9.43. The maximum Gasteiger partial charge on any atom is 0.333 e. The van der Waals surface area contributed by atoms with Crippen LogP contribution >= 0.6 is 25.3 Å². The van der Waals surface area contributed by atoms with Gasteiger partial charge < -0.3 is 24.8 Å². The number of hydrogen-bond acceptors (Lipinski definition) is 9. The van der Waals surface area contributed by atoms with E-state index >= 15 is 0 Å². The summed E-state index contributed by atoms with van der Waals surface area (Å²) in [7, 11) is 0. The van der Waals surface area contributed by atoms with Crippen LogP contribution < -0.4 is 0 Å². The highest BCUT2D eigenvalue weighted by molar-refractivity contribution is 7.83. The third-order valence-corrected chi connectivity index (χ3v) is 15.5. The lowest BCUT2D eigenvalue weighted by molar-refractivity contribution is -0.183. The maximum absolute atomic E-state index is 12.8. The largest absolute Gasteiger partial charge is 0.465 e. The normalized spacial score (nSPS) is 44.2. The van der Waals surface area contributed by atoms with Gasteiger partial charge in [0.15, 0.2) is 0 Å². The number of rotatable bonds is 9. The van der Waals surface area contributed by atoms with Gasteiger partial charge in [-0.2, -0.15) is 25.3 Å². The highest BCUT2D eigenvalue weighted by Gasteiger charge is 2.68. The van der Waals surface area contributed by atoms with Crippen LogP contribution in [0.15, 0.2) is 23.3 Å². The first-order valence-corrected chi connectivity index (χ1v) is 19.0. The number of aliphatic hydroxyl groups excluding tert-OH is 3. The quantitative estimate of drug-likeness (QED) is 0.0606. The van der Waals surface area contributed by atoms with Crippen LogP contribution in [0.1, 0.15) is 119 Å². The van der Waals surface area contributed by atoms with Crippen LogP contribution in [-0.2, 0) is 19.1 Å². The molecule has 0 aromatic carbocycles. The van der Waals surface area contributed by atoms with E-state index in [1.807, 2.05) is 6.92 Å². The Hall–Kier alpha value is -1.00. The highest BCUT2D eigenvalue weighted by atomic mass is 32.1. The fourth-order valence-corrected chi connectivity index (χ4v) is 12.2. The third kappa shape index (κ3) is 6.29. The minimum Gasteiger partial charge on any atom is -0.465 e. The van der Waals surface area contributed by atoms with Crippen molar-refractivity contribution in [3.63, 3.8) is 0 Å². The van der Waals surface area contributed by atoms with Gasteiger partial charge in [0.1, 0.15) is 6.61 Å². The lowest BCUT2D eigenvalue weighted by Crippen LogP contribution is -2.68. The zero-order valence-electron chi connectivity index (χ0n) is 29.5. The van der Waals surface area contributed by atoms with Crippen LogP contribution in [0.3, 0.4) is 0 Å². The molecule has 3 N–H and O–H groups in total. The lowest BCUT2D eigenvalue weighted by Gasteiger charge is -2.68. The van der Waals surface area contributed by atoms with Crippen molar-refractivity contribution >= 4 is 37.2 Å². The molecule has 0 radical (unpaired) electrons. The molecule has 266 valence electrons. The minimum atomic E-state index is -0.757. The fourth-order valence-electron chi connectivity index (χ4n) is 10.5. The summed E-state index contributed by atoms with van der Waals surface area (Å²) in [5.41, 5.74) is 0.111. The third-order valence-electron chi connectivity index (χ3n) is 13.8. The molecular weight excluding hydrogens is 633 g/mol. The van der Waals surface area contributed by atoms with Crippen LogP contribution in [0.2, 0.25) is 0 Å². The number of aliphatic hydroxyl groups is 3. The van der Waals surface area contributed by atoms with Gasteiger partial charge >= 0.3 is 11.9 Å². The molecule has 4 saturated carbocycles. The summed E-state index contributed by atoms with van der Waals surface area (Å²) < 4.78 is 10.9.